The zero-order chi connectivity index (χ0) is 17.1. The Morgan fingerprint density at radius 2 is 2.21 bits per heavy atom. The van der Waals surface area contributed by atoms with Gasteiger partial charge in [0.25, 0.3) is 4.84 Å². The molecule has 1 aromatic carbocycles. The summed E-state index contributed by atoms with van der Waals surface area (Å²) in [5, 5.41) is 5.06. The Morgan fingerprint density at radius 3 is 2.88 bits per heavy atom. The molecule has 2 aromatic rings. The van der Waals surface area contributed by atoms with Crippen molar-refractivity contribution in [2.45, 2.75) is 19.5 Å². The molecule has 0 amide bonds. The molecular weight excluding hydrogens is 350 g/mol. The number of piperidine rings is 1. The number of ether oxygens (including phenoxy) is 1. The van der Waals surface area contributed by atoms with Gasteiger partial charge in [-0.25, -0.2) is 4.68 Å². The van der Waals surface area contributed by atoms with Crippen molar-refractivity contribution in [3.05, 3.63) is 34.1 Å². The first-order chi connectivity index (χ1) is 11.6. The minimum atomic E-state index is -0.129. The second-order valence-electron chi connectivity index (χ2n) is 5.74. The van der Waals surface area contributed by atoms with Crippen molar-refractivity contribution in [1.82, 2.24) is 14.7 Å². The van der Waals surface area contributed by atoms with E-state index in [1.165, 1.54) is 7.11 Å². The molecule has 128 valence electrons. The third-order valence-corrected chi connectivity index (χ3v) is 4.66. The lowest BCUT2D eigenvalue weighted by molar-refractivity contribution is -0.147. The topological polar surface area (TPSA) is 60.5 Å². The van der Waals surface area contributed by atoms with Crippen LogP contribution in [-0.4, -0.2) is 40.8 Å². The highest BCUT2D eigenvalue weighted by Gasteiger charge is 2.26. The van der Waals surface area contributed by atoms with E-state index in [2.05, 4.69) is 10.00 Å². The molecule has 1 aliphatic heterocycles. The lowest BCUT2D eigenvalue weighted by Gasteiger charge is -2.29. The van der Waals surface area contributed by atoms with Crippen LogP contribution in [-0.2, 0) is 16.2 Å². The number of carbonyl (C=O) groups excluding carboxylic acids is 1. The van der Waals surface area contributed by atoms with Gasteiger partial charge in [0.2, 0.25) is 5.89 Å². The van der Waals surface area contributed by atoms with Crippen LogP contribution in [0.5, 0.6) is 0 Å². The molecule has 8 heteroatoms. The summed E-state index contributed by atoms with van der Waals surface area (Å²) < 4.78 is 12.0. The van der Waals surface area contributed by atoms with E-state index in [1.54, 1.807) is 16.8 Å². The van der Waals surface area contributed by atoms with Crippen LogP contribution < -0.4 is 0 Å². The van der Waals surface area contributed by atoms with Gasteiger partial charge in [-0.1, -0.05) is 17.7 Å². The molecule has 1 fully saturated rings. The fourth-order valence-corrected chi connectivity index (χ4v) is 3.17. The van der Waals surface area contributed by atoms with Gasteiger partial charge in [-0.15, -0.1) is 5.10 Å². The normalized spacial score (nSPS) is 16.2. The van der Waals surface area contributed by atoms with E-state index in [0.29, 0.717) is 22.4 Å². The number of hydrogen-bond acceptors (Lipinski definition) is 6. The molecule has 24 heavy (non-hydrogen) atoms. The monoisotopic (exact) mass is 367 g/mol. The van der Waals surface area contributed by atoms with Gasteiger partial charge < -0.3 is 9.15 Å². The highest BCUT2D eigenvalue weighted by atomic mass is 35.5. The fourth-order valence-electron chi connectivity index (χ4n) is 2.80. The molecule has 2 heterocycles. The highest BCUT2D eigenvalue weighted by Crippen LogP contribution is 2.23. The van der Waals surface area contributed by atoms with E-state index in [4.69, 9.17) is 33.0 Å². The van der Waals surface area contributed by atoms with Crippen molar-refractivity contribution in [2.75, 3.05) is 20.2 Å². The van der Waals surface area contributed by atoms with Gasteiger partial charge in [0.1, 0.15) is 0 Å². The number of halogens is 1. The lowest BCUT2D eigenvalue weighted by atomic mass is 9.97. The zero-order valence-corrected chi connectivity index (χ0v) is 14.8. The quantitative estimate of drug-likeness (QED) is 0.610. The van der Waals surface area contributed by atoms with E-state index in [1.807, 2.05) is 12.1 Å². The molecule has 6 nitrogen and oxygen atoms in total. The number of aromatic nitrogens is 2. The molecule has 1 aliphatic rings. The number of hydrogen-bond donors (Lipinski definition) is 0. The first-order valence-corrected chi connectivity index (χ1v) is 8.49. The number of methoxy groups -OCH3 is 1. The van der Waals surface area contributed by atoms with Crippen LogP contribution in [0.2, 0.25) is 5.02 Å². The predicted octanol–water partition coefficient (Wildman–Crippen LogP) is 3.37. The smallest absolute Gasteiger partial charge is 0.308 e. The lowest BCUT2D eigenvalue weighted by Crippen LogP contribution is -2.38. The minimum Gasteiger partial charge on any atom is -0.469 e. The molecule has 0 spiro atoms. The third kappa shape index (κ3) is 3.85. The number of benzene rings is 1. The number of carbonyl (C=O) groups is 1. The van der Waals surface area contributed by atoms with Gasteiger partial charge >= 0.3 is 5.97 Å². The zero-order valence-electron chi connectivity index (χ0n) is 13.3. The van der Waals surface area contributed by atoms with Crippen molar-refractivity contribution >= 4 is 29.8 Å². The molecule has 0 unspecified atom stereocenters. The van der Waals surface area contributed by atoms with Gasteiger partial charge in [0.05, 0.1) is 19.7 Å². The van der Waals surface area contributed by atoms with Crippen LogP contribution in [0.25, 0.3) is 11.5 Å². The molecule has 0 bridgehead atoms. The Labute approximate surface area is 150 Å². The van der Waals surface area contributed by atoms with Gasteiger partial charge in [-0.2, -0.15) is 0 Å². The molecular formula is C16H18ClN3O3S. The van der Waals surface area contributed by atoms with Crippen molar-refractivity contribution in [3.63, 3.8) is 0 Å². The van der Waals surface area contributed by atoms with Crippen LogP contribution in [0.1, 0.15) is 12.8 Å². The first-order valence-electron chi connectivity index (χ1n) is 7.71. The SMILES string of the molecule is COC(=O)C1CCN(Cn2nc(-c3cccc(Cl)c3)oc2=S)CC1. The van der Waals surface area contributed by atoms with E-state index in [0.717, 1.165) is 31.5 Å². The maximum Gasteiger partial charge on any atom is 0.308 e. The van der Waals surface area contributed by atoms with Crippen molar-refractivity contribution in [2.24, 2.45) is 5.92 Å². The summed E-state index contributed by atoms with van der Waals surface area (Å²) in [7, 11) is 1.43. The van der Waals surface area contributed by atoms with Gasteiger partial charge in [-0.3, -0.25) is 9.69 Å². The molecule has 1 saturated heterocycles. The Hall–Kier alpha value is -1.70. The van der Waals surface area contributed by atoms with Crippen LogP contribution in [0, 0.1) is 10.8 Å². The van der Waals surface area contributed by atoms with Crippen molar-refractivity contribution in [1.29, 1.82) is 0 Å². The predicted molar refractivity (Wildman–Crippen MR) is 92.1 cm³/mol. The number of likely N-dealkylation sites (tertiary alicyclic amines) is 1. The maximum atomic E-state index is 11.6. The van der Waals surface area contributed by atoms with Crippen LogP contribution in [0.3, 0.4) is 0 Å². The third-order valence-electron chi connectivity index (χ3n) is 4.13. The molecule has 0 aliphatic carbocycles. The fraction of sp³-hybridized carbons (Fsp3) is 0.438. The number of rotatable bonds is 4. The van der Waals surface area contributed by atoms with Gasteiger partial charge in [0, 0.05) is 23.7 Å². The summed E-state index contributed by atoms with van der Waals surface area (Å²) >= 11 is 11.3. The van der Waals surface area contributed by atoms with E-state index in [-0.39, 0.29) is 11.9 Å². The molecule has 1 aromatic heterocycles. The van der Waals surface area contributed by atoms with Crippen molar-refractivity contribution < 1.29 is 13.9 Å². The second kappa shape index (κ2) is 7.46. The van der Waals surface area contributed by atoms with Gasteiger partial charge in [0.15, 0.2) is 0 Å². The Kier molecular flexibility index (Phi) is 5.33. The van der Waals surface area contributed by atoms with Gasteiger partial charge in [-0.05, 0) is 43.3 Å². The van der Waals surface area contributed by atoms with E-state index >= 15 is 0 Å². The van der Waals surface area contributed by atoms with Crippen LogP contribution in [0.15, 0.2) is 28.7 Å². The highest BCUT2D eigenvalue weighted by molar-refractivity contribution is 7.71. The summed E-state index contributed by atoms with van der Waals surface area (Å²) in [6.07, 6.45) is 1.55. The Balaban J connectivity index is 1.67. The summed E-state index contributed by atoms with van der Waals surface area (Å²) in [5.41, 5.74) is 0.789. The second-order valence-corrected chi connectivity index (χ2v) is 6.53. The Bertz CT molecular complexity index is 781. The summed E-state index contributed by atoms with van der Waals surface area (Å²) in [6, 6.07) is 7.29. The van der Waals surface area contributed by atoms with Crippen LogP contribution >= 0.6 is 23.8 Å². The summed E-state index contributed by atoms with van der Waals surface area (Å²) in [6.45, 7) is 2.12. The maximum absolute atomic E-state index is 11.6. The molecule has 0 N–H and O–H groups in total. The molecule has 0 radical (unpaired) electrons. The van der Waals surface area contributed by atoms with Crippen molar-refractivity contribution in [3.8, 4) is 11.5 Å². The molecule has 3 rings (SSSR count). The average Bonchev–Trinajstić information content (AvgIpc) is 2.96. The van der Waals surface area contributed by atoms with E-state index in [9.17, 15) is 4.79 Å². The minimum absolute atomic E-state index is 0.0152. The Morgan fingerprint density at radius 1 is 1.46 bits per heavy atom. The average molecular weight is 368 g/mol. The number of nitrogens with zero attached hydrogens (tertiary/aromatic N) is 3. The number of esters is 1. The van der Waals surface area contributed by atoms with E-state index < -0.39 is 0 Å². The summed E-state index contributed by atoms with van der Waals surface area (Å²) in [5.74, 6) is 0.307. The van der Waals surface area contributed by atoms with Crippen LogP contribution in [0.4, 0.5) is 0 Å². The molecule has 0 atom stereocenters. The standard InChI is InChI=1S/C16H18ClN3O3S/c1-22-15(21)11-5-7-19(8-6-11)10-20-16(24)23-14(18-20)12-3-2-4-13(17)9-12/h2-4,9,11H,5-8,10H2,1H3. The summed E-state index contributed by atoms with van der Waals surface area (Å²) in [4.78, 5) is 14.1. The largest absolute Gasteiger partial charge is 0.469 e. The first kappa shape index (κ1) is 17.1. The molecule has 0 saturated carbocycles.